The highest BCUT2D eigenvalue weighted by atomic mass is 16.1. The molecule has 3 N–H and O–H groups in total. The van der Waals surface area contributed by atoms with Crippen molar-refractivity contribution in [1.82, 2.24) is 0 Å². The lowest BCUT2D eigenvalue weighted by Gasteiger charge is -2.06. The van der Waals surface area contributed by atoms with Gasteiger partial charge in [0.25, 0.3) is 0 Å². The zero-order valence-electron chi connectivity index (χ0n) is 17.6. The van der Waals surface area contributed by atoms with E-state index in [1.54, 1.807) is 0 Å². The summed E-state index contributed by atoms with van der Waals surface area (Å²) >= 11 is 0. The number of benzene rings is 1. The molecule has 0 fully saturated rings. The number of carbonyl (C=O) groups is 1. The van der Waals surface area contributed by atoms with Crippen molar-refractivity contribution in [3.05, 3.63) is 24.3 Å². The first kappa shape index (κ1) is 23.5. The maximum Gasteiger partial charge on any atom is 0.224 e. The van der Waals surface area contributed by atoms with Gasteiger partial charge in [0.1, 0.15) is 0 Å². The molecule has 0 aliphatic carbocycles. The smallest absolute Gasteiger partial charge is 0.224 e. The normalized spacial score (nSPS) is 10.9. The van der Waals surface area contributed by atoms with Crippen LogP contribution in [0.3, 0.4) is 0 Å². The van der Waals surface area contributed by atoms with Crippen LogP contribution in [0.15, 0.2) is 24.3 Å². The summed E-state index contributed by atoms with van der Waals surface area (Å²) in [6, 6.07) is 7.31. The quantitative estimate of drug-likeness (QED) is 0.219. The molecular weight excluding hydrogens is 332 g/mol. The van der Waals surface area contributed by atoms with E-state index in [4.69, 9.17) is 5.73 Å². The lowest BCUT2D eigenvalue weighted by Crippen LogP contribution is -2.10. The van der Waals surface area contributed by atoms with Gasteiger partial charge in [0.2, 0.25) is 5.91 Å². The molecule has 0 heterocycles. The van der Waals surface area contributed by atoms with Crippen LogP contribution in [0.5, 0.6) is 0 Å². The summed E-state index contributed by atoms with van der Waals surface area (Å²) in [5.74, 6) is 0.106. The molecule has 3 heteroatoms. The second-order valence-electron chi connectivity index (χ2n) is 7.87. The third-order valence-corrected chi connectivity index (χ3v) is 5.20. The van der Waals surface area contributed by atoms with Crippen molar-refractivity contribution in [2.75, 3.05) is 11.1 Å². The molecule has 1 rings (SSSR count). The van der Waals surface area contributed by atoms with Crippen molar-refractivity contribution >= 4 is 17.3 Å². The van der Waals surface area contributed by atoms with Gasteiger partial charge in [-0.15, -0.1) is 0 Å². The summed E-state index contributed by atoms with van der Waals surface area (Å²) in [6.07, 6.45) is 20.8. The zero-order chi connectivity index (χ0) is 19.6. The molecule has 3 nitrogen and oxygen atoms in total. The van der Waals surface area contributed by atoms with Crippen molar-refractivity contribution in [2.45, 2.75) is 110 Å². The summed E-state index contributed by atoms with van der Waals surface area (Å²) < 4.78 is 0. The number of hydrogen-bond acceptors (Lipinski definition) is 2. The molecule has 0 unspecified atom stereocenters. The van der Waals surface area contributed by atoms with Crippen LogP contribution in [0.4, 0.5) is 11.4 Å². The Morgan fingerprint density at radius 2 is 1.11 bits per heavy atom. The minimum Gasteiger partial charge on any atom is -0.399 e. The average molecular weight is 375 g/mol. The van der Waals surface area contributed by atoms with Crippen molar-refractivity contribution in [1.29, 1.82) is 0 Å². The molecule has 0 saturated carbocycles. The molecule has 0 saturated heterocycles. The van der Waals surface area contributed by atoms with Crippen LogP contribution in [0, 0.1) is 0 Å². The van der Waals surface area contributed by atoms with Gasteiger partial charge in [-0.25, -0.2) is 0 Å². The minimum atomic E-state index is 0.106. The Morgan fingerprint density at radius 3 is 1.56 bits per heavy atom. The Kier molecular flexibility index (Phi) is 14.5. The van der Waals surface area contributed by atoms with Crippen LogP contribution in [0.2, 0.25) is 0 Å². The zero-order valence-corrected chi connectivity index (χ0v) is 17.6. The standard InChI is InChI=1S/C24H42N2O/c1-2-3-4-5-6-7-8-9-10-11-12-13-14-15-16-17-24(27)26-23-20-18-22(25)19-21-23/h18-21H,2-17,25H2,1H3,(H,26,27). The third-order valence-electron chi connectivity index (χ3n) is 5.20. The molecule has 154 valence electrons. The van der Waals surface area contributed by atoms with E-state index < -0.39 is 0 Å². The van der Waals surface area contributed by atoms with Gasteiger partial charge in [0.05, 0.1) is 0 Å². The van der Waals surface area contributed by atoms with Crippen LogP contribution in [0.25, 0.3) is 0 Å². The van der Waals surface area contributed by atoms with Crippen LogP contribution in [-0.2, 0) is 4.79 Å². The number of anilines is 2. The first-order valence-corrected chi connectivity index (χ1v) is 11.4. The lowest BCUT2D eigenvalue weighted by molar-refractivity contribution is -0.116. The highest BCUT2D eigenvalue weighted by molar-refractivity contribution is 5.90. The SMILES string of the molecule is CCCCCCCCCCCCCCCCCC(=O)Nc1ccc(N)cc1. The number of nitrogens with one attached hydrogen (secondary N) is 1. The van der Waals surface area contributed by atoms with Gasteiger partial charge in [-0.05, 0) is 30.7 Å². The second kappa shape index (κ2) is 16.6. The Balaban J connectivity index is 1.81. The molecule has 1 aromatic carbocycles. The van der Waals surface area contributed by atoms with E-state index in [0.29, 0.717) is 6.42 Å². The van der Waals surface area contributed by atoms with Gasteiger partial charge in [0.15, 0.2) is 0 Å². The number of rotatable bonds is 17. The van der Waals surface area contributed by atoms with E-state index in [9.17, 15) is 4.79 Å². The first-order valence-electron chi connectivity index (χ1n) is 11.4. The van der Waals surface area contributed by atoms with E-state index in [0.717, 1.165) is 24.2 Å². The predicted octanol–water partition coefficient (Wildman–Crippen LogP) is 7.47. The summed E-state index contributed by atoms with van der Waals surface area (Å²) in [5.41, 5.74) is 7.19. The Morgan fingerprint density at radius 1 is 0.704 bits per heavy atom. The third kappa shape index (κ3) is 14.2. The molecule has 0 aliphatic heterocycles. The summed E-state index contributed by atoms with van der Waals surface area (Å²) in [7, 11) is 0. The molecule has 0 atom stereocenters. The monoisotopic (exact) mass is 374 g/mol. The van der Waals surface area contributed by atoms with E-state index in [-0.39, 0.29) is 5.91 Å². The summed E-state index contributed by atoms with van der Waals surface area (Å²) in [4.78, 5) is 11.9. The van der Waals surface area contributed by atoms with Crippen molar-refractivity contribution < 1.29 is 4.79 Å². The summed E-state index contributed by atoms with van der Waals surface area (Å²) in [6.45, 7) is 2.28. The van der Waals surface area contributed by atoms with Gasteiger partial charge >= 0.3 is 0 Å². The van der Waals surface area contributed by atoms with Crippen molar-refractivity contribution in [3.63, 3.8) is 0 Å². The highest BCUT2D eigenvalue weighted by Crippen LogP contribution is 2.14. The number of unbranched alkanes of at least 4 members (excludes halogenated alkanes) is 14. The summed E-state index contributed by atoms with van der Waals surface area (Å²) in [5, 5.41) is 2.92. The van der Waals surface area contributed by atoms with Gasteiger partial charge in [0, 0.05) is 17.8 Å². The molecule has 0 spiro atoms. The molecule has 0 aromatic heterocycles. The van der Waals surface area contributed by atoms with E-state index >= 15 is 0 Å². The van der Waals surface area contributed by atoms with Gasteiger partial charge < -0.3 is 11.1 Å². The van der Waals surface area contributed by atoms with Gasteiger partial charge in [-0.1, -0.05) is 96.8 Å². The lowest BCUT2D eigenvalue weighted by atomic mass is 10.0. The number of amides is 1. The highest BCUT2D eigenvalue weighted by Gasteiger charge is 2.02. The van der Waals surface area contributed by atoms with Gasteiger partial charge in [-0.2, -0.15) is 0 Å². The average Bonchev–Trinajstić information content (AvgIpc) is 2.66. The number of nitrogen functional groups attached to an aromatic ring is 1. The maximum absolute atomic E-state index is 11.9. The van der Waals surface area contributed by atoms with Crippen LogP contribution >= 0.6 is 0 Å². The van der Waals surface area contributed by atoms with Crippen LogP contribution in [-0.4, -0.2) is 5.91 Å². The fourth-order valence-electron chi connectivity index (χ4n) is 3.45. The van der Waals surface area contributed by atoms with Crippen LogP contribution in [0.1, 0.15) is 110 Å². The van der Waals surface area contributed by atoms with Crippen molar-refractivity contribution in [2.24, 2.45) is 0 Å². The predicted molar refractivity (Wildman–Crippen MR) is 119 cm³/mol. The fourth-order valence-corrected chi connectivity index (χ4v) is 3.45. The first-order chi connectivity index (χ1) is 13.2. The molecular formula is C24H42N2O. The Labute approximate surface area is 167 Å². The Hall–Kier alpha value is -1.51. The Bertz CT molecular complexity index is 470. The molecule has 0 aliphatic rings. The molecule has 27 heavy (non-hydrogen) atoms. The van der Waals surface area contributed by atoms with E-state index in [1.165, 1.54) is 83.5 Å². The molecule has 0 bridgehead atoms. The van der Waals surface area contributed by atoms with E-state index in [2.05, 4.69) is 12.2 Å². The largest absolute Gasteiger partial charge is 0.399 e. The van der Waals surface area contributed by atoms with Crippen molar-refractivity contribution in [3.8, 4) is 0 Å². The molecule has 1 aromatic rings. The minimum absolute atomic E-state index is 0.106. The van der Waals surface area contributed by atoms with Crippen LogP contribution < -0.4 is 11.1 Å². The number of nitrogens with two attached hydrogens (primary N) is 1. The topological polar surface area (TPSA) is 55.1 Å². The van der Waals surface area contributed by atoms with Gasteiger partial charge in [-0.3, -0.25) is 4.79 Å². The number of carbonyl (C=O) groups excluding carboxylic acids is 1. The molecule has 1 amide bonds. The second-order valence-corrected chi connectivity index (χ2v) is 7.87. The van der Waals surface area contributed by atoms with E-state index in [1.807, 2.05) is 24.3 Å². The maximum atomic E-state index is 11.9. The molecule has 0 radical (unpaired) electrons. The number of hydrogen-bond donors (Lipinski definition) is 2. The fraction of sp³-hybridized carbons (Fsp3) is 0.708.